The van der Waals surface area contributed by atoms with Gasteiger partial charge in [-0.05, 0) is 68.1 Å². The van der Waals surface area contributed by atoms with Gasteiger partial charge < -0.3 is 15.0 Å². The summed E-state index contributed by atoms with van der Waals surface area (Å²) in [4.78, 5) is 27.2. The fourth-order valence-electron chi connectivity index (χ4n) is 4.20. The normalized spacial score (nSPS) is 20.9. The molecule has 2 N–H and O–H groups in total. The van der Waals surface area contributed by atoms with Crippen LogP contribution >= 0.6 is 0 Å². The highest BCUT2D eigenvalue weighted by Crippen LogP contribution is 2.30. The molecule has 0 aromatic heterocycles. The number of aryl methyl sites for hydroxylation is 1. The molecule has 2 aliphatic heterocycles. The summed E-state index contributed by atoms with van der Waals surface area (Å²) in [6, 6.07) is 11.8. The van der Waals surface area contributed by atoms with Crippen LogP contribution in [0.3, 0.4) is 0 Å². The van der Waals surface area contributed by atoms with Crippen molar-refractivity contribution in [2.24, 2.45) is 5.92 Å². The number of hydrogen-bond donors (Lipinski definition) is 2. The minimum Gasteiger partial charge on any atom is -0.377 e. The van der Waals surface area contributed by atoms with Crippen molar-refractivity contribution in [1.82, 2.24) is 4.72 Å². The van der Waals surface area contributed by atoms with Gasteiger partial charge >= 0.3 is 0 Å². The number of hydrogen-bond acceptors (Lipinski definition) is 5. The van der Waals surface area contributed by atoms with Gasteiger partial charge in [-0.1, -0.05) is 12.1 Å². The number of carbonyl (C=O) groups is 2. The molecule has 0 unspecified atom stereocenters. The second-order valence-electron chi connectivity index (χ2n) is 8.62. The summed E-state index contributed by atoms with van der Waals surface area (Å²) < 4.78 is 33.0. The number of amides is 2. The van der Waals surface area contributed by atoms with Crippen LogP contribution in [-0.2, 0) is 24.3 Å². The predicted octanol–water partition coefficient (Wildman–Crippen LogP) is 2.75. The van der Waals surface area contributed by atoms with Crippen LogP contribution < -0.4 is 14.9 Å². The second-order valence-corrected chi connectivity index (χ2v) is 10.4. The van der Waals surface area contributed by atoms with Gasteiger partial charge in [0.25, 0.3) is 0 Å². The maximum absolute atomic E-state index is 12.8. The Morgan fingerprint density at radius 3 is 2.61 bits per heavy atom. The van der Waals surface area contributed by atoms with Crippen LogP contribution in [0.15, 0.2) is 47.4 Å². The summed E-state index contributed by atoms with van der Waals surface area (Å²) in [6.45, 7) is 5.18. The van der Waals surface area contributed by atoms with Crippen molar-refractivity contribution in [1.29, 1.82) is 0 Å². The Kier molecular flexibility index (Phi) is 6.83. The maximum atomic E-state index is 12.8. The highest BCUT2D eigenvalue weighted by atomic mass is 32.2. The van der Waals surface area contributed by atoms with Gasteiger partial charge in [-0.2, -0.15) is 0 Å². The van der Waals surface area contributed by atoms with Gasteiger partial charge in [-0.25, -0.2) is 13.1 Å². The van der Waals surface area contributed by atoms with E-state index in [1.165, 1.54) is 12.1 Å². The predicted molar refractivity (Wildman–Crippen MR) is 126 cm³/mol. The van der Waals surface area contributed by atoms with Crippen molar-refractivity contribution in [2.75, 3.05) is 29.9 Å². The van der Waals surface area contributed by atoms with E-state index in [0.717, 1.165) is 29.7 Å². The monoisotopic (exact) mass is 471 g/mol. The molecule has 2 aromatic carbocycles. The molecule has 0 spiro atoms. The molecule has 2 heterocycles. The molecule has 176 valence electrons. The number of ether oxygens (including phenoxy) is 1. The SMILES string of the molecule is Cc1cccc(N2C[C@H](C(=O)Nc3ccc(S(=O)(=O)NC[C@H]4CCCO4)cc3)CC2=O)c1C. The van der Waals surface area contributed by atoms with Gasteiger partial charge in [0.15, 0.2) is 0 Å². The lowest BCUT2D eigenvalue weighted by molar-refractivity contribution is -0.122. The number of nitrogens with one attached hydrogen (secondary N) is 2. The molecule has 2 aliphatic rings. The molecule has 0 radical (unpaired) electrons. The molecule has 2 saturated heterocycles. The average Bonchev–Trinajstić information content (AvgIpc) is 3.45. The molecular formula is C24H29N3O5S. The first-order chi connectivity index (χ1) is 15.7. The van der Waals surface area contributed by atoms with Crippen molar-refractivity contribution >= 4 is 33.2 Å². The zero-order valence-electron chi connectivity index (χ0n) is 18.8. The Balaban J connectivity index is 1.36. The molecule has 2 fully saturated rings. The first-order valence-corrected chi connectivity index (χ1v) is 12.6. The zero-order valence-corrected chi connectivity index (χ0v) is 19.7. The summed E-state index contributed by atoms with van der Waals surface area (Å²) >= 11 is 0. The van der Waals surface area contributed by atoms with E-state index in [4.69, 9.17) is 4.74 Å². The van der Waals surface area contributed by atoms with Crippen LogP contribution in [0.4, 0.5) is 11.4 Å². The molecule has 0 aliphatic carbocycles. The molecule has 2 aromatic rings. The van der Waals surface area contributed by atoms with E-state index in [9.17, 15) is 18.0 Å². The van der Waals surface area contributed by atoms with Gasteiger partial charge in [0.2, 0.25) is 21.8 Å². The number of carbonyl (C=O) groups excluding carboxylic acids is 2. The fraction of sp³-hybridized carbons (Fsp3) is 0.417. The summed E-state index contributed by atoms with van der Waals surface area (Å²) in [5.74, 6) is -0.820. The van der Waals surface area contributed by atoms with Crippen LogP contribution in [0.25, 0.3) is 0 Å². The Bertz CT molecular complexity index is 1140. The summed E-state index contributed by atoms with van der Waals surface area (Å²) in [5.41, 5.74) is 3.43. The Labute approximate surface area is 194 Å². The van der Waals surface area contributed by atoms with E-state index in [1.807, 2.05) is 32.0 Å². The molecule has 2 atom stereocenters. The Morgan fingerprint density at radius 1 is 1.15 bits per heavy atom. The van der Waals surface area contributed by atoms with E-state index >= 15 is 0 Å². The molecule has 0 saturated carbocycles. The van der Waals surface area contributed by atoms with Crippen molar-refractivity contribution in [3.05, 3.63) is 53.6 Å². The van der Waals surface area contributed by atoms with Crippen LogP contribution in [0, 0.1) is 19.8 Å². The van der Waals surface area contributed by atoms with E-state index in [0.29, 0.717) is 18.8 Å². The summed E-state index contributed by atoms with van der Waals surface area (Å²) in [7, 11) is -3.66. The lowest BCUT2D eigenvalue weighted by Gasteiger charge is -2.20. The lowest BCUT2D eigenvalue weighted by Crippen LogP contribution is -2.31. The first kappa shape index (κ1) is 23.4. The molecule has 8 nitrogen and oxygen atoms in total. The van der Waals surface area contributed by atoms with Crippen molar-refractivity contribution in [2.45, 2.75) is 44.1 Å². The van der Waals surface area contributed by atoms with Crippen molar-refractivity contribution in [3.8, 4) is 0 Å². The number of nitrogens with zero attached hydrogens (tertiary/aromatic N) is 1. The van der Waals surface area contributed by atoms with Gasteiger partial charge in [-0.3, -0.25) is 9.59 Å². The molecular weight excluding hydrogens is 442 g/mol. The van der Waals surface area contributed by atoms with Gasteiger partial charge in [-0.15, -0.1) is 0 Å². The standard InChI is InChI=1S/C24H29N3O5S/c1-16-5-3-7-22(17(16)2)27-15-18(13-23(27)28)24(29)26-19-8-10-21(11-9-19)33(30,31)25-14-20-6-4-12-32-20/h3,5,7-11,18,20,25H,4,6,12-15H2,1-2H3,(H,26,29)/t18-,20-/m1/s1. The molecule has 9 heteroatoms. The van der Waals surface area contributed by atoms with Crippen molar-refractivity contribution in [3.63, 3.8) is 0 Å². The number of rotatable bonds is 7. The molecule has 33 heavy (non-hydrogen) atoms. The van der Waals surface area contributed by atoms with E-state index in [2.05, 4.69) is 10.0 Å². The third-order valence-electron chi connectivity index (χ3n) is 6.32. The fourth-order valence-corrected chi connectivity index (χ4v) is 5.26. The highest BCUT2D eigenvalue weighted by Gasteiger charge is 2.35. The van der Waals surface area contributed by atoms with E-state index in [1.54, 1.807) is 17.0 Å². The average molecular weight is 472 g/mol. The van der Waals surface area contributed by atoms with Gasteiger partial charge in [0, 0.05) is 37.5 Å². The molecule has 4 rings (SSSR count). The summed E-state index contributed by atoms with van der Waals surface area (Å²) in [5, 5.41) is 2.80. The number of benzene rings is 2. The van der Waals surface area contributed by atoms with Gasteiger partial charge in [0.1, 0.15) is 0 Å². The van der Waals surface area contributed by atoms with Crippen molar-refractivity contribution < 1.29 is 22.7 Å². The topological polar surface area (TPSA) is 105 Å². The van der Waals surface area contributed by atoms with Crippen LogP contribution in [0.1, 0.15) is 30.4 Å². The Morgan fingerprint density at radius 2 is 1.91 bits per heavy atom. The van der Waals surface area contributed by atoms with Crippen LogP contribution in [-0.4, -0.2) is 46.0 Å². The lowest BCUT2D eigenvalue weighted by atomic mass is 10.1. The largest absolute Gasteiger partial charge is 0.377 e. The summed E-state index contributed by atoms with van der Waals surface area (Å²) in [6.07, 6.45) is 1.84. The first-order valence-electron chi connectivity index (χ1n) is 11.1. The zero-order chi connectivity index (χ0) is 23.6. The third kappa shape index (κ3) is 5.26. The third-order valence-corrected chi connectivity index (χ3v) is 7.76. The highest BCUT2D eigenvalue weighted by molar-refractivity contribution is 7.89. The van der Waals surface area contributed by atoms with Crippen LogP contribution in [0.2, 0.25) is 0 Å². The molecule has 0 bridgehead atoms. The second kappa shape index (κ2) is 9.62. The van der Waals surface area contributed by atoms with E-state index in [-0.39, 0.29) is 35.8 Å². The Hall–Kier alpha value is -2.75. The maximum Gasteiger partial charge on any atom is 0.240 e. The van der Waals surface area contributed by atoms with Gasteiger partial charge in [0.05, 0.1) is 16.9 Å². The molecule has 2 amide bonds. The minimum absolute atomic E-state index is 0.0809. The minimum atomic E-state index is -3.66. The number of anilines is 2. The smallest absolute Gasteiger partial charge is 0.240 e. The number of sulfonamides is 1. The van der Waals surface area contributed by atoms with E-state index < -0.39 is 15.9 Å². The quantitative estimate of drug-likeness (QED) is 0.646. The van der Waals surface area contributed by atoms with Crippen LogP contribution in [0.5, 0.6) is 0 Å².